The van der Waals surface area contributed by atoms with Gasteiger partial charge in [0.05, 0.1) is 0 Å². The van der Waals surface area contributed by atoms with E-state index < -0.39 is 0 Å². The Kier molecular flexibility index (Phi) is 5.42. The smallest absolute Gasteiger partial charge is 0.270 e. The van der Waals surface area contributed by atoms with E-state index in [4.69, 9.17) is 0 Å². The van der Waals surface area contributed by atoms with Gasteiger partial charge >= 0.3 is 0 Å². The Balaban J connectivity index is 1.32. The van der Waals surface area contributed by atoms with Gasteiger partial charge in [0.15, 0.2) is 0 Å². The van der Waals surface area contributed by atoms with E-state index in [0.29, 0.717) is 12.2 Å². The van der Waals surface area contributed by atoms with E-state index in [1.165, 1.54) is 35.2 Å². The van der Waals surface area contributed by atoms with Crippen molar-refractivity contribution in [3.8, 4) is 0 Å². The summed E-state index contributed by atoms with van der Waals surface area (Å²) in [6, 6.07) is 17.3. The fraction of sp³-hybridized carbons (Fsp3) is 0.238. The lowest BCUT2D eigenvalue weighted by molar-refractivity contribution is 0.102. The number of allylic oxidation sites excluding steroid dienone is 2. The maximum Gasteiger partial charge on any atom is 0.270 e. The van der Waals surface area contributed by atoms with Gasteiger partial charge in [-0.2, -0.15) is 0 Å². The second-order valence-electron chi connectivity index (χ2n) is 6.69. The van der Waals surface area contributed by atoms with Crippen molar-refractivity contribution in [2.24, 2.45) is 0 Å². The molecule has 0 fully saturated rings. The summed E-state index contributed by atoms with van der Waals surface area (Å²) in [5.41, 5.74) is 4.25. The minimum Gasteiger partial charge on any atom is -0.365 e. The number of nitrogens with one attached hydrogen (secondary N) is 2. The Labute approximate surface area is 163 Å². The van der Waals surface area contributed by atoms with E-state index in [9.17, 15) is 4.79 Å². The summed E-state index contributed by atoms with van der Waals surface area (Å²) < 4.78 is 0. The molecule has 7 heteroatoms. The Bertz CT molecular complexity index is 962. The third-order valence-electron chi connectivity index (χ3n) is 4.69. The highest BCUT2D eigenvalue weighted by Gasteiger charge is 2.10. The molecule has 0 radical (unpaired) electrons. The average molecular weight is 374 g/mol. The van der Waals surface area contributed by atoms with Gasteiger partial charge in [0, 0.05) is 11.3 Å². The number of tetrazole rings is 1. The van der Waals surface area contributed by atoms with E-state index in [1.807, 2.05) is 6.07 Å². The van der Waals surface area contributed by atoms with E-state index >= 15 is 0 Å². The van der Waals surface area contributed by atoms with E-state index in [2.05, 4.69) is 56.4 Å². The molecule has 0 bridgehead atoms. The van der Waals surface area contributed by atoms with Crippen LogP contribution in [0.3, 0.4) is 0 Å². The molecule has 0 atom stereocenters. The van der Waals surface area contributed by atoms with Crippen molar-refractivity contribution in [3.63, 3.8) is 0 Å². The molecule has 28 heavy (non-hydrogen) atoms. The molecule has 1 aromatic heterocycles. The normalized spacial score (nSPS) is 13.6. The number of aromatic nitrogens is 4. The fourth-order valence-corrected chi connectivity index (χ4v) is 3.19. The van der Waals surface area contributed by atoms with Crippen LogP contribution in [0, 0.1) is 0 Å². The molecule has 0 unspecified atom stereocenters. The van der Waals surface area contributed by atoms with Crippen molar-refractivity contribution in [1.82, 2.24) is 20.2 Å². The molecule has 7 nitrogen and oxygen atoms in total. The van der Waals surface area contributed by atoms with Crippen LogP contribution in [-0.4, -0.2) is 26.1 Å². The molecule has 2 aromatic carbocycles. The van der Waals surface area contributed by atoms with Gasteiger partial charge in [-0.25, -0.2) is 0 Å². The summed E-state index contributed by atoms with van der Waals surface area (Å²) in [6.07, 6.45) is 7.24. The van der Waals surface area contributed by atoms with Crippen LogP contribution in [0.15, 0.2) is 60.7 Å². The van der Waals surface area contributed by atoms with Gasteiger partial charge in [-0.15, -0.1) is 9.90 Å². The minimum absolute atomic E-state index is 0.176. The van der Waals surface area contributed by atoms with Crippen LogP contribution in [0.4, 0.5) is 11.6 Å². The molecule has 1 heterocycles. The standard InChI is InChI=1S/C21H22N6O/c28-20(18-9-5-2-6-10-18)23-21-24-26-27(25-21)15-22-19-13-11-17(12-14-19)16-7-3-1-4-8-16/h2,5-7,9-14,22H,1,3-4,8,15H2,(H,23,25,28). The molecule has 3 aromatic rings. The number of hydrogen-bond acceptors (Lipinski definition) is 5. The number of amides is 1. The summed E-state index contributed by atoms with van der Waals surface area (Å²) in [5.74, 6) is -0.0871. The maximum atomic E-state index is 12.1. The molecule has 1 amide bonds. The fourth-order valence-electron chi connectivity index (χ4n) is 3.19. The van der Waals surface area contributed by atoms with Crippen LogP contribution in [-0.2, 0) is 6.67 Å². The van der Waals surface area contributed by atoms with Crippen molar-refractivity contribution in [2.75, 3.05) is 10.6 Å². The zero-order chi connectivity index (χ0) is 19.2. The van der Waals surface area contributed by atoms with Gasteiger partial charge in [-0.05, 0) is 66.3 Å². The molecule has 1 aliphatic rings. The Morgan fingerprint density at radius 2 is 1.86 bits per heavy atom. The molecular formula is C21H22N6O. The number of carbonyl (C=O) groups is 1. The molecule has 1 aliphatic carbocycles. The quantitative estimate of drug-likeness (QED) is 0.682. The molecule has 0 saturated carbocycles. The number of rotatable bonds is 6. The van der Waals surface area contributed by atoms with Crippen LogP contribution in [0.25, 0.3) is 5.57 Å². The van der Waals surface area contributed by atoms with Gasteiger partial charge in [0.1, 0.15) is 6.67 Å². The lowest BCUT2D eigenvalue weighted by atomic mass is 9.94. The summed E-state index contributed by atoms with van der Waals surface area (Å²) in [7, 11) is 0. The Morgan fingerprint density at radius 1 is 1.04 bits per heavy atom. The minimum atomic E-state index is -0.263. The highest BCUT2D eigenvalue weighted by Crippen LogP contribution is 2.27. The van der Waals surface area contributed by atoms with E-state index in [1.54, 1.807) is 24.3 Å². The van der Waals surface area contributed by atoms with Gasteiger partial charge in [0.2, 0.25) is 0 Å². The molecule has 0 aliphatic heterocycles. The average Bonchev–Trinajstić information content (AvgIpc) is 3.21. The monoisotopic (exact) mass is 374 g/mol. The number of benzene rings is 2. The summed E-state index contributed by atoms with van der Waals surface area (Å²) in [5, 5.41) is 17.9. The highest BCUT2D eigenvalue weighted by molar-refractivity contribution is 6.03. The zero-order valence-electron chi connectivity index (χ0n) is 15.5. The molecule has 0 spiro atoms. The van der Waals surface area contributed by atoms with Crippen LogP contribution in [0.1, 0.15) is 41.6 Å². The Morgan fingerprint density at radius 3 is 2.61 bits per heavy atom. The largest absolute Gasteiger partial charge is 0.365 e. The molecule has 0 saturated heterocycles. The van der Waals surface area contributed by atoms with Crippen molar-refractivity contribution in [3.05, 3.63) is 71.8 Å². The van der Waals surface area contributed by atoms with E-state index in [0.717, 1.165) is 12.1 Å². The molecule has 4 rings (SSSR count). The second kappa shape index (κ2) is 8.47. The van der Waals surface area contributed by atoms with Gasteiger partial charge in [-0.3, -0.25) is 10.1 Å². The maximum absolute atomic E-state index is 12.1. The number of hydrogen-bond donors (Lipinski definition) is 2. The van der Waals surface area contributed by atoms with Crippen molar-refractivity contribution >= 4 is 23.1 Å². The predicted octanol–water partition coefficient (Wildman–Crippen LogP) is 3.95. The third kappa shape index (κ3) is 4.43. The topological polar surface area (TPSA) is 84.7 Å². The van der Waals surface area contributed by atoms with Gasteiger partial charge < -0.3 is 5.32 Å². The van der Waals surface area contributed by atoms with Crippen molar-refractivity contribution in [1.29, 1.82) is 0 Å². The van der Waals surface area contributed by atoms with Crippen LogP contribution >= 0.6 is 0 Å². The number of anilines is 2. The SMILES string of the molecule is O=C(Nc1nnn(CNc2ccc(C3=CCCCC3)cc2)n1)c1ccccc1. The van der Waals surface area contributed by atoms with Gasteiger partial charge in [0.25, 0.3) is 11.9 Å². The van der Waals surface area contributed by atoms with Crippen LogP contribution < -0.4 is 10.6 Å². The first-order valence-electron chi connectivity index (χ1n) is 9.45. The summed E-state index contributed by atoms with van der Waals surface area (Å²) in [6.45, 7) is 0.357. The summed E-state index contributed by atoms with van der Waals surface area (Å²) in [4.78, 5) is 13.5. The van der Waals surface area contributed by atoms with Gasteiger partial charge in [-0.1, -0.05) is 41.5 Å². The lowest BCUT2D eigenvalue weighted by Gasteiger charge is -2.13. The molecule has 2 N–H and O–H groups in total. The third-order valence-corrected chi connectivity index (χ3v) is 4.69. The molecule has 142 valence electrons. The first-order valence-corrected chi connectivity index (χ1v) is 9.45. The predicted molar refractivity (Wildman–Crippen MR) is 109 cm³/mol. The first-order chi connectivity index (χ1) is 13.8. The number of nitrogens with zero attached hydrogens (tertiary/aromatic N) is 4. The van der Waals surface area contributed by atoms with Crippen LogP contribution in [0.5, 0.6) is 0 Å². The number of carbonyl (C=O) groups excluding carboxylic acids is 1. The second-order valence-corrected chi connectivity index (χ2v) is 6.69. The van der Waals surface area contributed by atoms with Crippen LogP contribution in [0.2, 0.25) is 0 Å². The van der Waals surface area contributed by atoms with Crippen molar-refractivity contribution < 1.29 is 4.79 Å². The Hall–Kier alpha value is -3.48. The van der Waals surface area contributed by atoms with Crippen molar-refractivity contribution in [2.45, 2.75) is 32.4 Å². The molecular weight excluding hydrogens is 352 g/mol. The lowest BCUT2D eigenvalue weighted by Crippen LogP contribution is -2.14. The summed E-state index contributed by atoms with van der Waals surface area (Å²) >= 11 is 0. The highest BCUT2D eigenvalue weighted by atomic mass is 16.1. The zero-order valence-corrected chi connectivity index (χ0v) is 15.5. The van der Waals surface area contributed by atoms with E-state index in [-0.39, 0.29) is 11.9 Å². The first kappa shape index (κ1) is 17.9.